The molecule has 1 fully saturated rings. The van der Waals surface area contributed by atoms with Crippen molar-refractivity contribution >= 4 is 0 Å². The lowest BCUT2D eigenvalue weighted by Crippen LogP contribution is -2.32. The molecule has 1 heterocycles. The molecule has 1 atom stereocenters. The van der Waals surface area contributed by atoms with Crippen molar-refractivity contribution in [2.45, 2.75) is 32.0 Å². The van der Waals surface area contributed by atoms with Gasteiger partial charge in [-0.3, -0.25) is 4.90 Å². The van der Waals surface area contributed by atoms with Crippen LogP contribution in [0.15, 0.2) is 0 Å². The summed E-state index contributed by atoms with van der Waals surface area (Å²) in [5.74, 6) is 0. The Morgan fingerprint density at radius 1 is 1.64 bits per heavy atom. The lowest BCUT2D eigenvalue weighted by Gasteiger charge is -2.19. The van der Waals surface area contributed by atoms with Gasteiger partial charge in [-0.05, 0) is 13.8 Å². The van der Waals surface area contributed by atoms with E-state index in [1.807, 2.05) is 18.7 Å². The summed E-state index contributed by atoms with van der Waals surface area (Å²) in [6, 6.07) is 2.06. The van der Waals surface area contributed by atoms with Crippen LogP contribution >= 0.6 is 0 Å². The summed E-state index contributed by atoms with van der Waals surface area (Å²) in [5.41, 5.74) is -1.58. The highest BCUT2D eigenvalue weighted by atomic mass is 19.1. The highest BCUT2D eigenvalue weighted by molar-refractivity contribution is 5.07. The van der Waals surface area contributed by atoms with Gasteiger partial charge in [0, 0.05) is 25.6 Å². The summed E-state index contributed by atoms with van der Waals surface area (Å²) >= 11 is 0. The largest absolute Gasteiger partial charge is 0.297 e. The Hall–Kier alpha value is -0.620. The molecule has 0 radical (unpaired) electrons. The molecule has 62 valence electrons. The standard InChI is InChI=1S/C8H13FN2/c1-7(2)11-4-3-8(9,5-10)6-11/h7H,3-4,6H2,1-2H3. The smallest absolute Gasteiger partial charge is 0.209 e. The molecule has 1 aliphatic heterocycles. The lowest BCUT2D eigenvalue weighted by molar-refractivity contribution is 0.206. The summed E-state index contributed by atoms with van der Waals surface area (Å²) in [7, 11) is 0. The zero-order chi connectivity index (χ0) is 8.48. The number of hydrogen-bond acceptors (Lipinski definition) is 2. The maximum absolute atomic E-state index is 13.2. The van der Waals surface area contributed by atoms with E-state index in [2.05, 4.69) is 0 Å². The minimum absolute atomic E-state index is 0.279. The van der Waals surface area contributed by atoms with Crippen LogP contribution in [0.4, 0.5) is 4.39 Å². The van der Waals surface area contributed by atoms with Crippen molar-refractivity contribution in [3.05, 3.63) is 0 Å². The quantitative estimate of drug-likeness (QED) is 0.572. The van der Waals surface area contributed by atoms with E-state index in [0.717, 1.165) is 0 Å². The second kappa shape index (κ2) is 2.78. The molecule has 0 saturated carbocycles. The van der Waals surface area contributed by atoms with Crippen molar-refractivity contribution in [1.29, 1.82) is 5.26 Å². The third-order valence-corrected chi connectivity index (χ3v) is 2.18. The molecule has 1 unspecified atom stereocenters. The highest BCUT2D eigenvalue weighted by Crippen LogP contribution is 2.25. The van der Waals surface area contributed by atoms with E-state index < -0.39 is 5.67 Å². The van der Waals surface area contributed by atoms with Crippen molar-refractivity contribution in [3.8, 4) is 6.07 Å². The topological polar surface area (TPSA) is 27.0 Å². The van der Waals surface area contributed by atoms with Gasteiger partial charge in [0.25, 0.3) is 0 Å². The lowest BCUT2D eigenvalue weighted by atomic mass is 10.1. The first kappa shape index (κ1) is 8.48. The van der Waals surface area contributed by atoms with E-state index in [4.69, 9.17) is 5.26 Å². The van der Waals surface area contributed by atoms with Crippen LogP contribution in [0, 0.1) is 11.3 Å². The molecule has 0 amide bonds. The van der Waals surface area contributed by atoms with Gasteiger partial charge in [0.1, 0.15) is 6.07 Å². The molecule has 11 heavy (non-hydrogen) atoms. The van der Waals surface area contributed by atoms with Gasteiger partial charge in [0.2, 0.25) is 5.67 Å². The van der Waals surface area contributed by atoms with Gasteiger partial charge < -0.3 is 0 Å². The van der Waals surface area contributed by atoms with Gasteiger partial charge in [-0.25, -0.2) is 4.39 Å². The molecule has 0 aliphatic carbocycles. The van der Waals surface area contributed by atoms with E-state index in [0.29, 0.717) is 19.0 Å². The van der Waals surface area contributed by atoms with Crippen LogP contribution in [-0.2, 0) is 0 Å². The average Bonchev–Trinajstić information content (AvgIpc) is 2.33. The summed E-state index contributed by atoms with van der Waals surface area (Å²) in [4.78, 5) is 1.99. The molecule has 0 aromatic carbocycles. The van der Waals surface area contributed by atoms with Gasteiger partial charge in [-0.2, -0.15) is 5.26 Å². The van der Waals surface area contributed by atoms with E-state index in [-0.39, 0.29) is 6.54 Å². The Morgan fingerprint density at radius 2 is 2.27 bits per heavy atom. The van der Waals surface area contributed by atoms with Crippen molar-refractivity contribution in [2.24, 2.45) is 0 Å². The van der Waals surface area contributed by atoms with Crippen molar-refractivity contribution in [1.82, 2.24) is 4.90 Å². The molecule has 1 saturated heterocycles. The summed E-state index contributed by atoms with van der Waals surface area (Å²) in [6.45, 7) is 5.02. The van der Waals surface area contributed by atoms with Crippen LogP contribution in [0.2, 0.25) is 0 Å². The molecule has 0 aromatic heterocycles. The third kappa shape index (κ3) is 1.69. The van der Waals surface area contributed by atoms with Crippen LogP contribution in [0.25, 0.3) is 0 Å². The Bertz CT molecular complexity index is 185. The Kier molecular flexibility index (Phi) is 2.15. The number of nitriles is 1. The first-order valence-electron chi connectivity index (χ1n) is 3.92. The Balaban J connectivity index is 2.55. The molecule has 3 heteroatoms. The highest BCUT2D eigenvalue weighted by Gasteiger charge is 2.39. The summed E-state index contributed by atoms with van der Waals surface area (Å²) < 4.78 is 13.2. The minimum atomic E-state index is -1.58. The zero-order valence-corrected chi connectivity index (χ0v) is 6.97. The molecule has 1 rings (SSSR count). The molecule has 0 aromatic rings. The van der Waals surface area contributed by atoms with Crippen molar-refractivity contribution in [3.63, 3.8) is 0 Å². The SMILES string of the molecule is CC(C)N1CCC(F)(C#N)C1. The van der Waals surface area contributed by atoms with Crippen molar-refractivity contribution < 1.29 is 4.39 Å². The second-order valence-corrected chi connectivity index (χ2v) is 3.39. The number of nitrogens with zero attached hydrogens (tertiary/aromatic N) is 2. The Morgan fingerprint density at radius 3 is 2.55 bits per heavy atom. The number of halogens is 1. The summed E-state index contributed by atoms with van der Waals surface area (Å²) in [5, 5.41) is 8.47. The van der Waals surface area contributed by atoms with E-state index in [1.165, 1.54) is 0 Å². The van der Waals surface area contributed by atoms with Gasteiger partial charge in [-0.1, -0.05) is 0 Å². The number of hydrogen-bond donors (Lipinski definition) is 0. The normalized spacial score (nSPS) is 32.6. The predicted octanol–water partition coefficient (Wildman–Crippen LogP) is 1.33. The minimum Gasteiger partial charge on any atom is -0.297 e. The Labute approximate surface area is 66.6 Å². The van der Waals surface area contributed by atoms with Gasteiger partial charge >= 0.3 is 0 Å². The van der Waals surface area contributed by atoms with E-state index >= 15 is 0 Å². The van der Waals surface area contributed by atoms with Crippen LogP contribution in [-0.4, -0.2) is 29.7 Å². The molecule has 0 spiro atoms. The average molecular weight is 156 g/mol. The predicted molar refractivity (Wildman–Crippen MR) is 40.8 cm³/mol. The zero-order valence-electron chi connectivity index (χ0n) is 6.97. The van der Waals surface area contributed by atoms with Crippen LogP contribution in [0.5, 0.6) is 0 Å². The van der Waals surface area contributed by atoms with Crippen LogP contribution in [0.1, 0.15) is 20.3 Å². The molecule has 2 nitrogen and oxygen atoms in total. The second-order valence-electron chi connectivity index (χ2n) is 3.39. The van der Waals surface area contributed by atoms with Gasteiger partial charge in [-0.15, -0.1) is 0 Å². The van der Waals surface area contributed by atoms with Gasteiger partial charge in [0.15, 0.2) is 0 Å². The van der Waals surface area contributed by atoms with E-state index in [9.17, 15) is 4.39 Å². The molecule has 1 aliphatic rings. The fraction of sp³-hybridized carbons (Fsp3) is 0.875. The maximum Gasteiger partial charge on any atom is 0.209 e. The molecular weight excluding hydrogens is 143 g/mol. The third-order valence-electron chi connectivity index (χ3n) is 2.18. The maximum atomic E-state index is 13.2. The number of rotatable bonds is 1. The monoisotopic (exact) mass is 156 g/mol. The number of alkyl halides is 1. The van der Waals surface area contributed by atoms with Crippen molar-refractivity contribution in [2.75, 3.05) is 13.1 Å². The number of likely N-dealkylation sites (tertiary alicyclic amines) is 1. The molecule has 0 bridgehead atoms. The fourth-order valence-corrected chi connectivity index (χ4v) is 1.33. The van der Waals surface area contributed by atoms with Crippen LogP contribution < -0.4 is 0 Å². The molecule has 0 N–H and O–H groups in total. The van der Waals surface area contributed by atoms with Crippen LogP contribution in [0.3, 0.4) is 0 Å². The fourth-order valence-electron chi connectivity index (χ4n) is 1.33. The first-order valence-corrected chi connectivity index (χ1v) is 3.92. The summed E-state index contributed by atoms with van der Waals surface area (Å²) in [6.07, 6.45) is 0.363. The van der Waals surface area contributed by atoms with Gasteiger partial charge in [0.05, 0.1) is 0 Å². The first-order chi connectivity index (χ1) is 5.07. The molecular formula is C8H13FN2. The van der Waals surface area contributed by atoms with E-state index in [1.54, 1.807) is 6.07 Å².